The van der Waals surface area contributed by atoms with Crippen molar-refractivity contribution in [1.29, 1.82) is 5.26 Å². The lowest BCUT2D eigenvalue weighted by Crippen LogP contribution is -2.43. The van der Waals surface area contributed by atoms with Crippen molar-refractivity contribution in [1.82, 2.24) is 15.3 Å². The minimum Gasteiger partial charge on any atom is -0.455 e. The molecule has 1 aromatic heterocycles. The molecular weight excluding hydrogens is 475 g/mol. The molecule has 0 saturated heterocycles. The number of hydrogen-bond donors (Lipinski definition) is 2. The van der Waals surface area contributed by atoms with Crippen LogP contribution in [0.1, 0.15) is 40.9 Å². The van der Waals surface area contributed by atoms with Crippen LogP contribution in [0.5, 0.6) is 5.88 Å². The van der Waals surface area contributed by atoms with Crippen molar-refractivity contribution in [2.75, 3.05) is 23.5 Å². The summed E-state index contributed by atoms with van der Waals surface area (Å²) < 4.78 is 5.75. The highest BCUT2D eigenvalue weighted by Gasteiger charge is 2.32. The topological polar surface area (TPSA) is 103 Å². The van der Waals surface area contributed by atoms with Crippen LogP contribution in [-0.2, 0) is 12.0 Å². The van der Waals surface area contributed by atoms with E-state index >= 15 is 0 Å². The van der Waals surface area contributed by atoms with Gasteiger partial charge in [-0.05, 0) is 62.2 Å². The molecule has 0 bridgehead atoms. The van der Waals surface area contributed by atoms with Gasteiger partial charge in [0, 0.05) is 17.4 Å². The Morgan fingerprint density at radius 3 is 2.76 bits per heavy atom. The number of anilines is 3. The van der Waals surface area contributed by atoms with E-state index in [1.54, 1.807) is 24.3 Å². The number of carbonyl (C=O) groups is 1. The molecular formula is C24H20Cl2N6O2. The molecule has 0 aliphatic carbocycles. The van der Waals surface area contributed by atoms with Gasteiger partial charge in [-0.2, -0.15) is 10.2 Å². The van der Waals surface area contributed by atoms with Crippen molar-refractivity contribution in [2.45, 2.75) is 25.8 Å². The molecule has 1 amide bonds. The van der Waals surface area contributed by atoms with Gasteiger partial charge in [0.15, 0.2) is 6.73 Å². The van der Waals surface area contributed by atoms with Crippen molar-refractivity contribution in [3.8, 4) is 11.9 Å². The van der Waals surface area contributed by atoms with E-state index < -0.39 is 0 Å². The van der Waals surface area contributed by atoms with Gasteiger partial charge in [-0.15, -0.1) is 0 Å². The third-order valence-electron chi connectivity index (χ3n) is 5.95. The van der Waals surface area contributed by atoms with Crippen LogP contribution in [0.15, 0.2) is 36.5 Å². The van der Waals surface area contributed by atoms with Crippen molar-refractivity contribution >= 4 is 46.4 Å². The van der Waals surface area contributed by atoms with Gasteiger partial charge in [0.05, 0.1) is 27.4 Å². The second kappa shape index (κ2) is 8.44. The van der Waals surface area contributed by atoms with E-state index in [-0.39, 0.29) is 35.6 Å². The number of nitriles is 1. The van der Waals surface area contributed by atoms with Crippen LogP contribution in [0.2, 0.25) is 10.0 Å². The van der Waals surface area contributed by atoms with Crippen LogP contribution in [0, 0.1) is 11.3 Å². The second-order valence-corrected chi connectivity index (χ2v) is 9.40. The molecule has 2 aliphatic heterocycles. The zero-order chi connectivity index (χ0) is 24.0. The highest BCUT2D eigenvalue weighted by Crippen LogP contribution is 2.37. The molecule has 0 fully saturated rings. The maximum Gasteiger partial charge on any atom is 0.268 e. The lowest BCUT2D eigenvalue weighted by molar-refractivity contribution is 0.0932. The van der Waals surface area contributed by atoms with Gasteiger partial charge in [-0.3, -0.25) is 9.69 Å². The zero-order valence-electron chi connectivity index (χ0n) is 18.4. The molecule has 0 radical (unpaired) electrons. The van der Waals surface area contributed by atoms with Crippen molar-refractivity contribution in [3.63, 3.8) is 0 Å². The number of para-hydroxylation sites is 1. The molecule has 2 aliphatic rings. The Kier molecular flexibility index (Phi) is 5.56. The van der Waals surface area contributed by atoms with Crippen LogP contribution < -0.4 is 20.3 Å². The Morgan fingerprint density at radius 1 is 1.26 bits per heavy atom. The summed E-state index contributed by atoms with van der Waals surface area (Å²) in [6, 6.07) is 11.1. The van der Waals surface area contributed by atoms with Gasteiger partial charge in [-0.25, -0.2) is 4.98 Å². The SMILES string of the molecule is CC1(C)NCCc2cc(Nc3ncc4c(n3)OCN(c3c(Cl)cccc3Cl)C4=O)cc(C#N)c21. The van der Waals surface area contributed by atoms with Crippen LogP contribution in [0.4, 0.5) is 17.3 Å². The number of ether oxygens (including phenoxy) is 1. The predicted molar refractivity (Wildman–Crippen MR) is 130 cm³/mol. The fourth-order valence-corrected chi connectivity index (χ4v) is 5.05. The van der Waals surface area contributed by atoms with E-state index in [1.807, 2.05) is 6.07 Å². The Balaban J connectivity index is 1.44. The number of nitrogens with one attached hydrogen (secondary N) is 2. The monoisotopic (exact) mass is 494 g/mol. The standard InChI is InChI=1S/C24H20Cl2N6O2/c1-24(2)19-13(6-7-29-24)8-15(9-14(19)10-27)30-23-28-11-16-21(31-23)34-12-32(22(16)33)20-17(25)4-3-5-18(20)26/h3-5,8-9,11,29H,6-7,12H2,1-2H3,(H,28,30,31). The summed E-state index contributed by atoms with van der Waals surface area (Å²) in [5.41, 5.74) is 3.67. The molecule has 0 saturated carbocycles. The number of hydrogen-bond acceptors (Lipinski definition) is 7. The normalized spacial score (nSPS) is 16.2. The fourth-order valence-electron chi connectivity index (χ4n) is 4.45. The summed E-state index contributed by atoms with van der Waals surface area (Å²) >= 11 is 12.5. The predicted octanol–water partition coefficient (Wildman–Crippen LogP) is 4.78. The van der Waals surface area contributed by atoms with Crippen LogP contribution in [0.3, 0.4) is 0 Å². The first-order valence-electron chi connectivity index (χ1n) is 10.6. The van der Waals surface area contributed by atoms with E-state index in [0.717, 1.165) is 24.1 Å². The molecule has 2 N–H and O–H groups in total. The lowest BCUT2D eigenvalue weighted by Gasteiger charge is -2.35. The van der Waals surface area contributed by atoms with Crippen LogP contribution in [0.25, 0.3) is 0 Å². The van der Waals surface area contributed by atoms with Crippen molar-refractivity contribution in [2.24, 2.45) is 0 Å². The van der Waals surface area contributed by atoms with Crippen LogP contribution in [-0.4, -0.2) is 29.2 Å². The Bertz CT molecular complexity index is 1350. The summed E-state index contributed by atoms with van der Waals surface area (Å²) in [5.74, 6) is 0.0524. The van der Waals surface area contributed by atoms with Gasteiger partial charge in [-0.1, -0.05) is 29.3 Å². The Labute approximate surface area is 206 Å². The molecule has 3 heterocycles. The Hall–Kier alpha value is -3.38. The van der Waals surface area contributed by atoms with E-state index in [2.05, 4.69) is 40.5 Å². The summed E-state index contributed by atoms with van der Waals surface area (Å²) in [5, 5.41) is 17.0. The molecule has 3 aromatic rings. The average molecular weight is 495 g/mol. The number of amides is 1. The maximum atomic E-state index is 13.1. The third kappa shape index (κ3) is 3.82. The van der Waals surface area contributed by atoms with E-state index in [9.17, 15) is 10.1 Å². The number of benzene rings is 2. The first-order valence-corrected chi connectivity index (χ1v) is 11.4. The smallest absolute Gasteiger partial charge is 0.268 e. The maximum absolute atomic E-state index is 13.1. The molecule has 0 unspecified atom stereocenters. The highest BCUT2D eigenvalue weighted by atomic mass is 35.5. The number of rotatable bonds is 3. The number of nitrogens with zero attached hydrogens (tertiary/aromatic N) is 4. The second-order valence-electron chi connectivity index (χ2n) is 8.59. The molecule has 5 rings (SSSR count). The number of halogens is 2. The van der Waals surface area contributed by atoms with Crippen molar-refractivity contribution in [3.05, 3.63) is 68.8 Å². The largest absolute Gasteiger partial charge is 0.455 e. The highest BCUT2D eigenvalue weighted by molar-refractivity contribution is 6.40. The van der Waals surface area contributed by atoms with Gasteiger partial charge >= 0.3 is 0 Å². The van der Waals surface area contributed by atoms with E-state index in [0.29, 0.717) is 27.0 Å². The van der Waals surface area contributed by atoms with Crippen LogP contribution >= 0.6 is 23.2 Å². The first kappa shape index (κ1) is 22.4. The zero-order valence-corrected chi connectivity index (χ0v) is 20.0. The lowest BCUT2D eigenvalue weighted by atomic mass is 9.82. The quantitative estimate of drug-likeness (QED) is 0.539. The van der Waals surface area contributed by atoms with Gasteiger partial charge in [0.2, 0.25) is 11.8 Å². The summed E-state index contributed by atoms with van der Waals surface area (Å²) in [6.07, 6.45) is 2.21. The number of carbonyl (C=O) groups excluding carboxylic acids is 1. The van der Waals surface area contributed by atoms with E-state index in [1.165, 1.54) is 11.1 Å². The van der Waals surface area contributed by atoms with Gasteiger partial charge in [0.1, 0.15) is 5.56 Å². The minimum atomic E-state index is -0.363. The minimum absolute atomic E-state index is 0.0920. The molecule has 172 valence electrons. The Morgan fingerprint density at radius 2 is 2.03 bits per heavy atom. The molecule has 8 nitrogen and oxygen atoms in total. The average Bonchev–Trinajstić information content (AvgIpc) is 2.79. The number of fused-ring (bicyclic) bond motifs is 2. The summed E-state index contributed by atoms with van der Waals surface area (Å²) in [4.78, 5) is 23.1. The van der Waals surface area contributed by atoms with Crippen molar-refractivity contribution < 1.29 is 9.53 Å². The molecule has 34 heavy (non-hydrogen) atoms. The molecule has 10 heteroatoms. The fraction of sp³-hybridized carbons (Fsp3) is 0.250. The molecule has 0 spiro atoms. The summed E-state index contributed by atoms with van der Waals surface area (Å²) in [7, 11) is 0. The van der Waals surface area contributed by atoms with Gasteiger partial charge in [0.25, 0.3) is 5.91 Å². The van der Waals surface area contributed by atoms with Gasteiger partial charge < -0.3 is 15.4 Å². The summed E-state index contributed by atoms with van der Waals surface area (Å²) in [6.45, 7) is 4.87. The first-order chi connectivity index (χ1) is 16.3. The number of aromatic nitrogens is 2. The molecule has 2 aromatic carbocycles. The van der Waals surface area contributed by atoms with E-state index in [4.69, 9.17) is 27.9 Å². The molecule has 0 atom stereocenters. The third-order valence-corrected chi connectivity index (χ3v) is 6.56.